The Labute approximate surface area is 333 Å². The Morgan fingerprint density at radius 2 is 0.839 bits per heavy atom. The summed E-state index contributed by atoms with van der Waals surface area (Å²) in [5.41, 5.74) is 2.91. The van der Waals surface area contributed by atoms with Crippen molar-refractivity contribution in [3.8, 4) is 0 Å². The van der Waals surface area contributed by atoms with Crippen LogP contribution < -0.4 is 16.0 Å². The minimum absolute atomic E-state index is 0.0346. The van der Waals surface area contributed by atoms with Gasteiger partial charge < -0.3 is 34.9 Å². The van der Waals surface area contributed by atoms with E-state index in [0.29, 0.717) is 5.56 Å². The van der Waals surface area contributed by atoms with Gasteiger partial charge in [0.2, 0.25) is 5.91 Å². The predicted molar refractivity (Wildman–Crippen MR) is 209 cm³/mol. The second-order valence-electron chi connectivity index (χ2n) is 12.2. The fourth-order valence-corrected chi connectivity index (χ4v) is 6.14. The number of thioether (sulfide) groups is 1. The summed E-state index contributed by atoms with van der Waals surface area (Å²) in [5, 5.41) is 6.44. The Kier molecular flexibility index (Phi) is 18.2. The Hall–Kier alpha value is -5.86. The van der Waals surface area contributed by atoms with Crippen molar-refractivity contribution in [3.05, 3.63) is 144 Å². The van der Waals surface area contributed by atoms with Crippen molar-refractivity contribution in [2.24, 2.45) is 0 Å². The number of halogens is 1. The topological polar surface area (TPSA) is 175 Å². The first-order valence-electron chi connectivity index (χ1n) is 17.6. The van der Waals surface area contributed by atoms with E-state index < -0.39 is 53.4 Å². The van der Waals surface area contributed by atoms with E-state index in [1.807, 2.05) is 24.3 Å². The lowest BCUT2D eigenvalue weighted by atomic mass is 10.1. The molecule has 0 saturated carbocycles. The van der Waals surface area contributed by atoms with E-state index in [9.17, 15) is 28.8 Å². The molecule has 4 aromatic rings. The minimum atomic E-state index is -1.25. The third kappa shape index (κ3) is 16.2. The number of carbonyl (C=O) groups excluding carboxylic acids is 6. The van der Waals surface area contributed by atoms with E-state index in [4.69, 9.17) is 30.5 Å². The van der Waals surface area contributed by atoms with Crippen LogP contribution in [0.4, 0.5) is 9.59 Å². The zero-order chi connectivity index (χ0) is 40.0. The van der Waals surface area contributed by atoms with Gasteiger partial charge in [-0.3, -0.25) is 9.59 Å². The monoisotopic (exact) mass is 803 g/mol. The van der Waals surface area contributed by atoms with Crippen LogP contribution in [0.1, 0.15) is 35.1 Å². The van der Waals surface area contributed by atoms with Crippen LogP contribution in [0.3, 0.4) is 0 Å². The molecule has 0 aliphatic heterocycles. The average Bonchev–Trinajstić information content (AvgIpc) is 3.22. The molecule has 4 rings (SSSR count). The Balaban J connectivity index is 1.39. The lowest BCUT2D eigenvalue weighted by Crippen LogP contribution is -2.46. The summed E-state index contributed by atoms with van der Waals surface area (Å²) in [5.74, 6) is -3.09. The summed E-state index contributed by atoms with van der Waals surface area (Å²) in [6, 6.07) is 32.1. The number of carbonyl (C=O) groups is 6. The van der Waals surface area contributed by atoms with Gasteiger partial charge in [0.15, 0.2) is 0 Å². The van der Waals surface area contributed by atoms with Gasteiger partial charge >= 0.3 is 29.4 Å². The molecule has 0 fully saturated rings. The molecule has 0 spiro atoms. The van der Waals surface area contributed by atoms with Gasteiger partial charge in [0, 0.05) is 17.9 Å². The van der Waals surface area contributed by atoms with Gasteiger partial charge in [-0.2, -0.15) is 11.8 Å². The molecule has 15 heteroatoms. The highest BCUT2D eigenvalue weighted by Crippen LogP contribution is 2.13. The molecule has 0 bridgehead atoms. The first-order valence-corrected chi connectivity index (χ1v) is 19.1. The van der Waals surface area contributed by atoms with Crippen molar-refractivity contribution in [3.63, 3.8) is 0 Å². The fraction of sp³-hybridized carbons (Fsp3) is 0.268. The molecule has 0 radical (unpaired) electrons. The summed E-state index contributed by atoms with van der Waals surface area (Å²) in [6.07, 6.45) is -1.36. The fourth-order valence-electron chi connectivity index (χ4n) is 4.96. The SMILES string of the molecule is O=C(Cl)N[C@H](CCC(=O)N[C@H](CSC[C@H](NC(=O)OCc1ccccc1)C(=O)OCc1ccccc1)C(=O)OCc1ccccc1)C(=O)OCc1ccccc1. The van der Waals surface area contributed by atoms with Gasteiger partial charge in [-0.15, -0.1) is 0 Å². The van der Waals surface area contributed by atoms with Crippen molar-refractivity contribution in [2.45, 2.75) is 57.4 Å². The second kappa shape index (κ2) is 23.8. The van der Waals surface area contributed by atoms with Crippen LogP contribution in [0.25, 0.3) is 0 Å². The van der Waals surface area contributed by atoms with Crippen LogP contribution in [-0.4, -0.2) is 64.9 Å². The maximum absolute atomic E-state index is 13.4. The predicted octanol–water partition coefficient (Wildman–Crippen LogP) is 5.83. The van der Waals surface area contributed by atoms with E-state index in [1.165, 1.54) is 0 Å². The number of nitrogens with one attached hydrogen (secondary N) is 3. The maximum Gasteiger partial charge on any atom is 0.408 e. The Bertz CT molecular complexity index is 1860. The van der Waals surface area contributed by atoms with Crippen LogP contribution in [0.15, 0.2) is 121 Å². The summed E-state index contributed by atoms with van der Waals surface area (Å²) in [6.45, 7) is -0.214. The van der Waals surface area contributed by atoms with Crippen molar-refractivity contribution >= 4 is 58.6 Å². The Morgan fingerprint density at radius 1 is 0.482 bits per heavy atom. The summed E-state index contributed by atoms with van der Waals surface area (Å²) < 4.78 is 21.7. The molecule has 4 aromatic carbocycles. The molecule has 56 heavy (non-hydrogen) atoms. The highest BCUT2D eigenvalue weighted by molar-refractivity contribution is 7.99. The van der Waals surface area contributed by atoms with Crippen LogP contribution >= 0.6 is 23.4 Å². The van der Waals surface area contributed by atoms with Crippen molar-refractivity contribution in [1.29, 1.82) is 0 Å². The first kappa shape index (κ1) is 42.9. The molecule has 0 heterocycles. The lowest BCUT2D eigenvalue weighted by Gasteiger charge is -2.21. The number of hydrogen-bond acceptors (Lipinski definition) is 11. The maximum atomic E-state index is 13.4. The summed E-state index contributed by atoms with van der Waals surface area (Å²) >= 11 is 6.58. The van der Waals surface area contributed by atoms with Gasteiger partial charge in [0.25, 0.3) is 0 Å². The summed E-state index contributed by atoms with van der Waals surface area (Å²) in [4.78, 5) is 77.0. The van der Waals surface area contributed by atoms with Crippen LogP contribution in [0, 0.1) is 0 Å². The number of rotatable bonds is 21. The highest BCUT2D eigenvalue weighted by Gasteiger charge is 2.28. The van der Waals surface area contributed by atoms with Crippen LogP contribution in [0.5, 0.6) is 0 Å². The molecule has 0 aliphatic carbocycles. The van der Waals surface area contributed by atoms with E-state index in [0.717, 1.165) is 28.5 Å². The van der Waals surface area contributed by atoms with Crippen LogP contribution in [0.2, 0.25) is 0 Å². The van der Waals surface area contributed by atoms with Crippen LogP contribution in [-0.2, 0) is 64.6 Å². The molecule has 3 amide bonds. The first-order chi connectivity index (χ1) is 27.2. The van der Waals surface area contributed by atoms with Gasteiger partial charge in [0.1, 0.15) is 44.6 Å². The average molecular weight is 804 g/mol. The molecular formula is C41H42ClN3O10S. The third-order valence-corrected chi connectivity index (χ3v) is 9.13. The quantitative estimate of drug-likeness (QED) is 0.0400. The number of ether oxygens (including phenoxy) is 4. The molecule has 3 N–H and O–H groups in total. The highest BCUT2D eigenvalue weighted by atomic mass is 35.5. The summed E-state index contributed by atoms with van der Waals surface area (Å²) in [7, 11) is 0. The van der Waals surface area contributed by atoms with E-state index in [2.05, 4.69) is 16.0 Å². The molecule has 3 atom stereocenters. The molecule has 0 saturated heterocycles. The molecule has 13 nitrogen and oxygen atoms in total. The number of benzene rings is 4. The van der Waals surface area contributed by atoms with Gasteiger partial charge in [-0.05, 0) is 40.3 Å². The van der Waals surface area contributed by atoms with Gasteiger partial charge in [0.05, 0.1) is 0 Å². The number of amides is 3. The molecule has 0 unspecified atom stereocenters. The molecule has 0 aromatic heterocycles. The van der Waals surface area contributed by atoms with E-state index in [-0.39, 0.29) is 50.8 Å². The second-order valence-corrected chi connectivity index (χ2v) is 13.6. The Morgan fingerprint density at radius 3 is 1.23 bits per heavy atom. The standard InChI is InChI=1S/C41H42ClN3O10S/c42-40(50)44-33(37(47)52-23-29-13-5-1-6-14-29)21-22-36(46)43-34(38(48)53-24-30-15-7-2-8-16-30)27-56-28-35(39(49)54-25-31-17-9-3-10-18-31)45-41(51)55-26-32-19-11-4-12-20-32/h1-20,33-35H,21-28H2,(H,43,46)(H,44,50)(H,45,51)/t33-,34-,35+/m1/s1. The van der Waals surface area contributed by atoms with Crippen molar-refractivity contribution in [1.82, 2.24) is 16.0 Å². The zero-order valence-corrected chi connectivity index (χ0v) is 31.9. The van der Waals surface area contributed by atoms with E-state index in [1.54, 1.807) is 97.1 Å². The number of esters is 3. The van der Waals surface area contributed by atoms with Gasteiger partial charge in [-0.25, -0.2) is 19.2 Å². The lowest BCUT2D eigenvalue weighted by molar-refractivity contribution is -0.149. The number of hydrogen-bond donors (Lipinski definition) is 3. The minimum Gasteiger partial charge on any atom is -0.459 e. The van der Waals surface area contributed by atoms with Gasteiger partial charge in [-0.1, -0.05) is 121 Å². The smallest absolute Gasteiger partial charge is 0.408 e. The van der Waals surface area contributed by atoms with Crippen molar-refractivity contribution in [2.75, 3.05) is 11.5 Å². The largest absolute Gasteiger partial charge is 0.459 e. The zero-order valence-electron chi connectivity index (χ0n) is 30.3. The van der Waals surface area contributed by atoms with E-state index >= 15 is 0 Å². The number of alkyl carbamates (subject to hydrolysis) is 1. The molecular weight excluding hydrogens is 762 g/mol. The third-order valence-electron chi connectivity index (χ3n) is 7.88. The normalized spacial score (nSPS) is 12.2. The molecule has 0 aliphatic rings. The molecule has 294 valence electrons. The van der Waals surface area contributed by atoms with Crippen molar-refractivity contribution < 1.29 is 47.7 Å².